The van der Waals surface area contributed by atoms with Gasteiger partial charge in [0.15, 0.2) is 5.82 Å². The number of carbonyl (C=O) groups excluding carboxylic acids is 1. The van der Waals surface area contributed by atoms with Crippen molar-refractivity contribution in [2.24, 2.45) is 0 Å². The fourth-order valence-corrected chi connectivity index (χ4v) is 2.46. The van der Waals surface area contributed by atoms with E-state index >= 15 is 0 Å². The Morgan fingerprint density at radius 3 is 2.67 bits per heavy atom. The smallest absolute Gasteiger partial charge is 0.250 e. The quantitative estimate of drug-likeness (QED) is 0.665. The molecule has 24 heavy (non-hydrogen) atoms. The zero-order chi connectivity index (χ0) is 16.9. The molecule has 0 saturated carbocycles. The number of nitrogens with zero attached hydrogens (tertiary/aromatic N) is 2. The van der Waals surface area contributed by atoms with Gasteiger partial charge in [0.25, 0.3) is 5.91 Å². The summed E-state index contributed by atoms with van der Waals surface area (Å²) in [6.45, 7) is 0. The van der Waals surface area contributed by atoms with Crippen LogP contribution in [-0.4, -0.2) is 21.1 Å². The van der Waals surface area contributed by atoms with Crippen LogP contribution in [0.25, 0.3) is 17.5 Å². The highest BCUT2D eigenvalue weighted by molar-refractivity contribution is 9.10. The number of nitrogens with one attached hydrogen (secondary N) is 2. The molecule has 1 amide bonds. The zero-order valence-corrected chi connectivity index (χ0v) is 13.9. The van der Waals surface area contributed by atoms with Crippen LogP contribution in [0.5, 0.6) is 0 Å². The van der Waals surface area contributed by atoms with Crippen LogP contribution in [0.4, 0.5) is 10.3 Å². The number of aromatic nitrogens is 3. The molecule has 0 unspecified atom stereocenters. The maximum atomic E-state index is 12.8. The third-order valence-corrected chi connectivity index (χ3v) is 3.84. The lowest BCUT2D eigenvalue weighted by Crippen LogP contribution is -2.09. The molecule has 0 aliphatic rings. The van der Waals surface area contributed by atoms with Crippen molar-refractivity contribution in [3.05, 3.63) is 70.5 Å². The van der Waals surface area contributed by atoms with Gasteiger partial charge in [-0.3, -0.25) is 15.2 Å². The van der Waals surface area contributed by atoms with Gasteiger partial charge in [-0.1, -0.05) is 46.3 Å². The van der Waals surface area contributed by atoms with Gasteiger partial charge in [0.2, 0.25) is 5.95 Å². The summed E-state index contributed by atoms with van der Waals surface area (Å²) in [4.78, 5) is 16.1. The van der Waals surface area contributed by atoms with Crippen molar-refractivity contribution in [1.82, 2.24) is 15.2 Å². The SMILES string of the molecule is O=C(C=Cc1ccc(F)cc1)Nc1n[nH]c(-c2ccccc2Br)n1. The largest absolute Gasteiger partial charge is 0.290 e. The Morgan fingerprint density at radius 2 is 1.92 bits per heavy atom. The summed E-state index contributed by atoms with van der Waals surface area (Å²) in [6.07, 6.45) is 2.91. The van der Waals surface area contributed by atoms with Crippen LogP contribution in [0, 0.1) is 5.82 Å². The van der Waals surface area contributed by atoms with Gasteiger partial charge >= 0.3 is 0 Å². The van der Waals surface area contributed by atoms with Gasteiger partial charge in [-0.25, -0.2) is 4.39 Å². The summed E-state index contributed by atoms with van der Waals surface area (Å²) < 4.78 is 13.7. The average Bonchev–Trinajstić information content (AvgIpc) is 3.03. The van der Waals surface area contributed by atoms with E-state index in [1.54, 1.807) is 18.2 Å². The van der Waals surface area contributed by atoms with Crippen LogP contribution in [0.3, 0.4) is 0 Å². The van der Waals surface area contributed by atoms with Crippen LogP contribution < -0.4 is 5.32 Å². The maximum absolute atomic E-state index is 12.8. The molecule has 7 heteroatoms. The highest BCUT2D eigenvalue weighted by Crippen LogP contribution is 2.25. The lowest BCUT2D eigenvalue weighted by atomic mass is 10.2. The molecule has 0 radical (unpaired) electrons. The molecule has 2 aromatic carbocycles. The van der Waals surface area contributed by atoms with E-state index in [1.165, 1.54) is 18.2 Å². The van der Waals surface area contributed by atoms with Crippen molar-refractivity contribution < 1.29 is 9.18 Å². The molecule has 0 aliphatic heterocycles. The minimum absolute atomic E-state index is 0.175. The first-order valence-corrected chi connectivity index (χ1v) is 7.83. The fourth-order valence-electron chi connectivity index (χ4n) is 1.99. The van der Waals surface area contributed by atoms with Crippen LogP contribution in [0.15, 0.2) is 59.1 Å². The van der Waals surface area contributed by atoms with E-state index in [4.69, 9.17) is 0 Å². The highest BCUT2D eigenvalue weighted by Gasteiger charge is 2.09. The minimum Gasteiger partial charge on any atom is -0.290 e. The Morgan fingerprint density at radius 1 is 1.17 bits per heavy atom. The number of aromatic amines is 1. The van der Waals surface area contributed by atoms with E-state index in [1.807, 2.05) is 24.3 Å². The zero-order valence-electron chi connectivity index (χ0n) is 12.3. The average molecular weight is 387 g/mol. The van der Waals surface area contributed by atoms with Crippen molar-refractivity contribution in [3.8, 4) is 11.4 Å². The molecule has 3 rings (SSSR count). The molecule has 0 atom stereocenters. The molecular weight excluding hydrogens is 375 g/mol. The standard InChI is InChI=1S/C17H12BrFN4O/c18-14-4-2-1-3-13(14)16-21-17(23-22-16)20-15(24)10-7-11-5-8-12(19)9-6-11/h1-10H,(H2,20,21,22,23,24). The predicted molar refractivity (Wildman–Crippen MR) is 93.6 cm³/mol. The molecule has 0 bridgehead atoms. The number of H-pyrrole nitrogens is 1. The Hall–Kier alpha value is -2.80. The molecule has 2 N–H and O–H groups in total. The Kier molecular flexibility index (Phi) is 4.81. The number of halogens is 2. The number of rotatable bonds is 4. The molecule has 0 fully saturated rings. The van der Waals surface area contributed by atoms with Crippen LogP contribution in [0.1, 0.15) is 5.56 Å². The fraction of sp³-hybridized carbons (Fsp3) is 0. The van der Waals surface area contributed by atoms with Gasteiger partial charge in [0.05, 0.1) is 0 Å². The first kappa shape index (κ1) is 16.1. The summed E-state index contributed by atoms with van der Waals surface area (Å²) >= 11 is 3.44. The van der Waals surface area contributed by atoms with Gasteiger partial charge in [0.1, 0.15) is 5.82 Å². The lowest BCUT2D eigenvalue weighted by Gasteiger charge is -1.98. The van der Waals surface area contributed by atoms with Gasteiger partial charge < -0.3 is 0 Å². The second kappa shape index (κ2) is 7.18. The molecule has 1 aromatic heterocycles. The lowest BCUT2D eigenvalue weighted by molar-refractivity contribution is -0.111. The van der Waals surface area contributed by atoms with Crippen LogP contribution in [-0.2, 0) is 4.79 Å². The Balaban J connectivity index is 1.67. The van der Waals surface area contributed by atoms with E-state index in [9.17, 15) is 9.18 Å². The second-order valence-corrected chi connectivity index (χ2v) is 5.72. The summed E-state index contributed by atoms with van der Waals surface area (Å²) in [7, 11) is 0. The first-order chi connectivity index (χ1) is 11.6. The molecule has 3 aromatic rings. The summed E-state index contributed by atoms with van der Waals surface area (Å²) in [6, 6.07) is 13.4. The molecule has 0 spiro atoms. The molecular formula is C17H12BrFN4O. The van der Waals surface area contributed by atoms with E-state index in [0.29, 0.717) is 5.82 Å². The van der Waals surface area contributed by atoms with Crippen LogP contribution in [0.2, 0.25) is 0 Å². The van der Waals surface area contributed by atoms with Crippen LogP contribution >= 0.6 is 15.9 Å². The second-order valence-electron chi connectivity index (χ2n) is 4.86. The minimum atomic E-state index is -0.378. The van der Waals surface area contributed by atoms with Gasteiger partial charge in [-0.15, -0.1) is 5.10 Å². The monoisotopic (exact) mass is 386 g/mol. The van der Waals surface area contributed by atoms with E-state index < -0.39 is 0 Å². The third kappa shape index (κ3) is 3.94. The molecule has 0 saturated heterocycles. The number of benzene rings is 2. The number of hydrogen-bond acceptors (Lipinski definition) is 3. The summed E-state index contributed by atoms with van der Waals surface area (Å²) in [5, 5.41) is 9.31. The van der Waals surface area contributed by atoms with E-state index in [2.05, 4.69) is 36.4 Å². The van der Waals surface area contributed by atoms with Gasteiger partial charge in [-0.05, 0) is 29.8 Å². The van der Waals surface area contributed by atoms with Crippen molar-refractivity contribution in [3.63, 3.8) is 0 Å². The highest BCUT2D eigenvalue weighted by atomic mass is 79.9. The van der Waals surface area contributed by atoms with Gasteiger partial charge in [-0.2, -0.15) is 4.98 Å². The normalized spacial score (nSPS) is 10.9. The van der Waals surface area contributed by atoms with Crippen molar-refractivity contribution in [2.45, 2.75) is 0 Å². The predicted octanol–water partition coefficient (Wildman–Crippen LogP) is 4.03. The molecule has 120 valence electrons. The summed E-state index contributed by atoms with van der Waals surface area (Å²) in [5.74, 6) is 0.0173. The molecule has 1 heterocycles. The number of amides is 1. The summed E-state index contributed by atoms with van der Waals surface area (Å²) in [5.41, 5.74) is 1.56. The van der Waals surface area contributed by atoms with Gasteiger partial charge in [0, 0.05) is 16.1 Å². The Labute approximate surface area is 145 Å². The van der Waals surface area contributed by atoms with E-state index in [-0.39, 0.29) is 17.7 Å². The maximum Gasteiger partial charge on any atom is 0.250 e. The first-order valence-electron chi connectivity index (χ1n) is 7.04. The molecule has 0 aliphatic carbocycles. The number of anilines is 1. The van der Waals surface area contributed by atoms with Crippen molar-refractivity contribution in [1.29, 1.82) is 0 Å². The number of hydrogen-bond donors (Lipinski definition) is 2. The van der Waals surface area contributed by atoms with E-state index in [0.717, 1.165) is 15.6 Å². The van der Waals surface area contributed by atoms with Crippen molar-refractivity contribution >= 4 is 33.9 Å². The number of carbonyl (C=O) groups is 1. The third-order valence-electron chi connectivity index (χ3n) is 3.15. The Bertz CT molecular complexity index is 890. The molecule has 5 nitrogen and oxygen atoms in total. The van der Waals surface area contributed by atoms with Crippen molar-refractivity contribution in [2.75, 3.05) is 5.32 Å². The topological polar surface area (TPSA) is 70.7 Å².